The van der Waals surface area contributed by atoms with E-state index in [1.807, 2.05) is 0 Å². The number of hydrogen-bond acceptors (Lipinski definition) is 4. The maximum absolute atomic E-state index is 13.7. The first kappa shape index (κ1) is 18.3. The zero-order chi connectivity index (χ0) is 18.4. The van der Waals surface area contributed by atoms with Crippen molar-refractivity contribution in [3.05, 3.63) is 59.4 Å². The molecule has 0 heterocycles. The van der Waals surface area contributed by atoms with Crippen LogP contribution in [0.15, 0.2) is 42.5 Å². The van der Waals surface area contributed by atoms with E-state index in [9.17, 15) is 14.0 Å². The number of amides is 2. The Balaban J connectivity index is 1.97. The third-order valence-corrected chi connectivity index (χ3v) is 3.59. The molecule has 0 radical (unpaired) electrons. The SMILES string of the molecule is COC(=O)c1ccc(NC(=O)N[C@@H](C)c2ccc(OC)c(F)c2)cc1. The summed E-state index contributed by atoms with van der Waals surface area (Å²) in [5, 5.41) is 5.35. The summed E-state index contributed by atoms with van der Waals surface area (Å²) in [5.41, 5.74) is 1.50. The molecule has 0 saturated heterocycles. The van der Waals surface area contributed by atoms with E-state index in [2.05, 4.69) is 15.4 Å². The number of carbonyl (C=O) groups is 2. The van der Waals surface area contributed by atoms with Gasteiger partial charge in [0.05, 0.1) is 25.8 Å². The van der Waals surface area contributed by atoms with Crippen molar-refractivity contribution in [2.75, 3.05) is 19.5 Å². The van der Waals surface area contributed by atoms with Crippen molar-refractivity contribution in [3.63, 3.8) is 0 Å². The van der Waals surface area contributed by atoms with Crippen LogP contribution in [0.5, 0.6) is 5.75 Å². The van der Waals surface area contributed by atoms with Gasteiger partial charge in [0.15, 0.2) is 11.6 Å². The maximum atomic E-state index is 13.7. The van der Waals surface area contributed by atoms with Gasteiger partial charge < -0.3 is 20.1 Å². The minimum Gasteiger partial charge on any atom is -0.494 e. The van der Waals surface area contributed by atoms with Crippen molar-refractivity contribution in [3.8, 4) is 5.75 Å². The predicted molar refractivity (Wildman–Crippen MR) is 91.3 cm³/mol. The highest BCUT2D eigenvalue weighted by Crippen LogP contribution is 2.21. The van der Waals surface area contributed by atoms with Crippen LogP contribution in [-0.2, 0) is 4.74 Å². The van der Waals surface area contributed by atoms with Crippen LogP contribution in [0, 0.1) is 5.82 Å². The lowest BCUT2D eigenvalue weighted by atomic mass is 10.1. The first-order valence-electron chi connectivity index (χ1n) is 7.54. The van der Waals surface area contributed by atoms with Crippen molar-refractivity contribution in [2.45, 2.75) is 13.0 Å². The monoisotopic (exact) mass is 346 g/mol. The average Bonchev–Trinajstić information content (AvgIpc) is 2.61. The molecule has 2 aromatic carbocycles. The summed E-state index contributed by atoms with van der Waals surface area (Å²) in [6.07, 6.45) is 0. The number of esters is 1. The zero-order valence-electron chi connectivity index (χ0n) is 14.1. The molecule has 1 atom stereocenters. The molecule has 0 aliphatic rings. The second kappa shape index (κ2) is 8.14. The minimum atomic E-state index is -0.493. The molecule has 132 valence electrons. The molecule has 2 rings (SSSR count). The molecule has 25 heavy (non-hydrogen) atoms. The predicted octanol–water partition coefficient (Wildman–Crippen LogP) is 3.50. The number of halogens is 1. The van der Waals surface area contributed by atoms with E-state index >= 15 is 0 Å². The highest BCUT2D eigenvalue weighted by atomic mass is 19.1. The molecule has 2 amide bonds. The topological polar surface area (TPSA) is 76.7 Å². The highest BCUT2D eigenvalue weighted by Gasteiger charge is 2.13. The first-order valence-corrected chi connectivity index (χ1v) is 7.54. The summed E-state index contributed by atoms with van der Waals surface area (Å²) >= 11 is 0. The molecule has 0 aromatic heterocycles. The Hall–Kier alpha value is -3.09. The number of anilines is 1. The van der Waals surface area contributed by atoms with Crippen LogP contribution in [0.25, 0.3) is 0 Å². The molecule has 2 aromatic rings. The van der Waals surface area contributed by atoms with E-state index in [-0.39, 0.29) is 5.75 Å². The zero-order valence-corrected chi connectivity index (χ0v) is 14.1. The van der Waals surface area contributed by atoms with E-state index in [1.165, 1.54) is 26.4 Å². The van der Waals surface area contributed by atoms with Gasteiger partial charge in [0.2, 0.25) is 0 Å². The van der Waals surface area contributed by atoms with Gasteiger partial charge in [-0.2, -0.15) is 0 Å². The van der Waals surface area contributed by atoms with Gasteiger partial charge in [-0.25, -0.2) is 14.0 Å². The van der Waals surface area contributed by atoms with Crippen molar-refractivity contribution in [1.82, 2.24) is 5.32 Å². The van der Waals surface area contributed by atoms with Gasteiger partial charge in [-0.15, -0.1) is 0 Å². The summed E-state index contributed by atoms with van der Waals surface area (Å²) in [4.78, 5) is 23.4. The molecule has 0 bridgehead atoms. The quantitative estimate of drug-likeness (QED) is 0.813. The van der Waals surface area contributed by atoms with Gasteiger partial charge >= 0.3 is 12.0 Å². The fourth-order valence-electron chi connectivity index (χ4n) is 2.21. The van der Waals surface area contributed by atoms with Crippen LogP contribution in [-0.4, -0.2) is 26.2 Å². The van der Waals surface area contributed by atoms with E-state index in [0.717, 1.165) is 0 Å². The number of ether oxygens (including phenoxy) is 2. The standard InChI is InChI=1S/C18H19FN2O4/c1-11(13-6-9-16(24-2)15(19)10-13)20-18(23)21-14-7-4-12(5-8-14)17(22)25-3/h4-11H,1-3H3,(H2,20,21,23)/t11-/m0/s1. The van der Waals surface area contributed by atoms with Crippen LogP contribution in [0.2, 0.25) is 0 Å². The maximum Gasteiger partial charge on any atom is 0.337 e. The molecule has 0 aliphatic carbocycles. The average molecular weight is 346 g/mol. The lowest BCUT2D eigenvalue weighted by Gasteiger charge is -2.16. The van der Waals surface area contributed by atoms with E-state index < -0.39 is 23.9 Å². The molecule has 0 spiro atoms. The van der Waals surface area contributed by atoms with Gasteiger partial charge in [0.1, 0.15) is 0 Å². The number of carbonyl (C=O) groups excluding carboxylic acids is 2. The van der Waals surface area contributed by atoms with Crippen LogP contribution >= 0.6 is 0 Å². The molecular formula is C18H19FN2O4. The smallest absolute Gasteiger partial charge is 0.337 e. The van der Waals surface area contributed by atoms with Crippen LogP contribution < -0.4 is 15.4 Å². The molecular weight excluding hydrogens is 327 g/mol. The fraction of sp³-hybridized carbons (Fsp3) is 0.222. The molecule has 0 fully saturated rings. The Morgan fingerprint density at radius 2 is 1.76 bits per heavy atom. The van der Waals surface area contributed by atoms with Crippen molar-refractivity contribution < 1.29 is 23.5 Å². The molecule has 7 heteroatoms. The lowest BCUT2D eigenvalue weighted by molar-refractivity contribution is 0.0600. The Kier molecular flexibility index (Phi) is 5.94. The van der Waals surface area contributed by atoms with Crippen molar-refractivity contribution in [1.29, 1.82) is 0 Å². The number of nitrogens with one attached hydrogen (secondary N) is 2. The number of hydrogen-bond donors (Lipinski definition) is 2. The van der Waals surface area contributed by atoms with Crippen LogP contribution in [0.1, 0.15) is 28.9 Å². The second-order valence-corrected chi connectivity index (χ2v) is 5.28. The summed E-state index contributed by atoms with van der Waals surface area (Å²) in [6.45, 7) is 1.74. The van der Waals surface area contributed by atoms with Crippen LogP contribution in [0.3, 0.4) is 0 Å². The fourth-order valence-corrected chi connectivity index (χ4v) is 2.21. The third-order valence-electron chi connectivity index (χ3n) is 3.59. The Morgan fingerprint density at radius 1 is 1.08 bits per heavy atom. The van der Waals surface area contributed by atoms with Crippen molar-refractivity contribution >= 4 is 17.7 Å². The van der Waals surface area contributed by atoms with E-state index in [0.29, 0.717) is 16.8 Å². The summed E-state index contributed by atoms with van der Waals surface area (Å²) < 4.78 is 23.2. The summed E-state index contributed by atoms with van der Waals surface area (Å²) in [5.74, 6) is -0.801. The van der Waals surface area contributed by atoms with E-state index in [1.54, 1.807) is 37.3 Å². The van der Waals surface area contributed by atoms with Gasteiger partial charge in [-0.3, -0.25) is 0 Å². The van der Waals surface area contributed by atoms with Gasteiger partial charge in [-0.05, 0) is 48.9 Å². The highest BCUT2D eigenvalue weighted by molar-refractivity contribution is 5.92. The van der Waals surface area contributed by atoms with Gasteiger partial charge in [0, 0.05) is 5.69 Å². The third kappa shape index (κ3) is 4.69. The normalized spacial score (nSPS) is 11.4. The largest absolute Gasteiger partial charge is 0.494 e. The second-order valence-electron chi connectivity index (χ2n) is 5.28. The summed E-state index contributed by atoms with van der Waals surface area (Å²) in [7, 11) is 2.68. The number of benzene rings is 2. The van der Waals surface area contributed by atoms with Gasteiger partial charge in [-0.1, -0.05) is 6.07 Å². The number of rotatable bonds is 5. The molecule has 0 saturated carbocycles. The van der Waals surface area contributed by atoms with E-state index in [4.69, 9.17) is 4.74 Å². The lowest BCUT2D eigenvalue weighted by Crippen LogP contribution is -2.31. The van der Waals surface area contributed by atoms with Gasteiger partial charge in [0.25, 0.3) is 0 Å². The van der Waals surface area contributed by atoms with Crippen molar-refractivity contribution in [2.24, 2.45) is 0 Å². The van der Waals surface area contributed by atoms with Crippen LogP contribution in [0.4, 0.5) is 14.9 Å². The minimum absolute atomic E-state index is 0.145. The Labute approximate surface area is 144 Å². The molecule has 0 unspecified atom stereocenters. The summed E-state index contributed by atoms with van der Waals surface area (Å²) in [6, 6.07) is 9.91. The molecule has 6 nitrogen and oxygen atoms in total. The Morgan fingerprint density at radius 3 is 2.32 bits per heavy atom. The molecule has 0 aliphatic heterocycles. The number of methoxy groups -OCH3 is 2. The number of urea groups is 1. The molecule has 2 N–H and O–H groups in total. The first-order chi connectivity index (χ1) is 11.9. The Bertz CT molecular complexity index is 762.